The third-order valence-electron chi connectivity index (χ3n) is 6.66. The van der Waals surface area contributed by atoms with Crippen LogP contribution in [0.15, 0.2) is 97.1 Å². The molecule has 0 saturated carbocycles. The van der Waals surface area contributed by atoms with Gasteiger partial charge < -0.3 is 0 Å². The van der Waals surface area contributed by atoms with Crippen molar-refractivity contribution in [2.24, 2.45) is 0 Å². The molecule has 29 heavy (non-hydrogen) atoms. The van der Waals surface area contributed by atoms with Gasteiger partial charge in [0, 0.05) is 5.41 Å². The first-order valence-corrected chi connectivity index (χ1v) is 10.3. The number of hydrogen-bond donors (Lipinski definition) is 0. The van der Waals surface area contributed by atoms with Gasteiger partial charge >= 0.3 is 0 Å². The average molecular weight is 370 g/mol. The molecule has 0 spiro atoms. The van der Waals surface area contributed by atoms with E-state index in [1.165, 1.54) is 54.9 Å². The molecule has 0 nitrogen and oxygen atoms in total. The van der Waals surface area contributed by atoms with Crippen LogP contribution < -0.4 is 0 Å². The molecule has 0 atom stereocenters. The smallest absolute Gasteiger partial charge is 0.0159 e. The SMILES string of the molecule is CC1(C)c2ccccc2-c2ccc(-c3cc4ccccc4c4ccccc34)cc21. The van der Waals surface area contributed by atoms with Crippen LogP contribution in [0, 0.1) is 0 Å². The molecule has 0 aromatic heterocycles. The second-order valence-corrected chi connectivity index (χ2v) is 8.62. The van der Waals surface area contributed by atoms with E-state index in [0.29, 0.717) is 0 Å². The largest absolute Gasteiger partial charge is 0.0619 e. The highest BCUT2D eigenvalue weighted by atomic mass is 14.4. The predicted molar refractivity (Wildman–Crippen MR) is 124 cm³/mol. The fourth-order valence-corrected chi connectivity index (χ4v) is 5.16. The molecule has 1 aliphatic carbocycles. The zero-order valence-electron chi connectivity index (χ0n) is 16.7. The van der Waals surface area contributed by atoms with Gasteiger partial charge in [0.05, 0.1) is 0 Å². The van der Waals surface area contributed by atoms with E-state index in [9.17, 15) is 0 Å². The van der Waals surface area contributed by atoms with Crippen molar-refractivity contribution in [1.29, 1.82) is 0 Å². The van der Waals surface area contributed by atoms with Gasteiger partial charge in [-0.1, -0.05) is 98.8 Å². The van der Waals surface area contributed by atoms with Crippen LogP contribution in [0.2, 0.25) is 0 Å². The van der Waals surface area contributed by atoms with E-state index >= 15 is 0 Å². The molecule has 0 N–H and O–H groups in total. The molecule has 0 heterocycles. The maximum Gasteiger partial charge on any atom is 0.0159 e. The molecule has 5 aromatic carbocycles. The van der Waals surface area contributed by atoms with E-state index in [-0.39, 0.29) is 5.41 Å². The van der Waals surface area contributed by atoms with E-state index in [1.54, 1.807) is 0 Å². The molecule has 0 fully saturated rings. The molecule has 0 unspecified atom stereocenters. The molecule has 0 radical (unpaired) electrons. The molecule has 1 aliphatic rings. The van der Waals surface area contributed by atoms with Crippen LogP contribution in [-0.4, -0.2) is 0 Å². The van der Waals surface area contributed by atoms with Crippen LogP contribution in [0.1, 0.15) is 25.0 Å². The first-order chi connectivity index (χ1) is 14.1. The van der Waals surface area contributed by atoms with Crippen LogP contribution in [-0.2, 0) is 5.41 Å². The molecule has 5 aromatic rings. The van der Waals surface area contributed by atoms with Crippen molar-refractivity contribution in [2.45, 2.75) is 19.3 Å². The van der Waals surface area contributed by atoms with Gasteiger partial charge in [0.1, 0.15) is 0 Å². The Kier molecular flexibility index (Phi) is 3.32. The Hall–Kier alpha value is -3.38. The van der Waals surface area contributed by atoms with Crippen molar-refractivity contribution in [3.05, 3.63) is 108 Å². The van der Waals surface area contributed by atoms with Crippen molar-refractivity contribution in [2.75, 3.05) is 0 Å². The lowest BCUT2D eigenvalue weighted by Crippen LogP contribution is -2.14. The summed E-state index contributed by atoms with van der Waals surface area (Å²) in [5, 5.41) is 5.26. The third kappa shape index (κ3) is 2.26. The summed E-state index contributed by atoms with van der Waals surface area (Å²) in [6.45, 7) is 4.69. The lowest BCUT2D eigenvalue weighted by atomic mass is 9.81. The molecular formula is C29H22. The second kappa shape index (κ2) is 5.81. The third-order valence-corrected chi connectivity index (χ3v) is 6.66. The summed E-state index contributed by atoms with van der Waals surface area (Å²) in [6.07, 6.45) is 0. The Morgan fingerprint density at radius 3 is 2.00 bits per heavy atom. The highest BCUT2D eigenvalue weighted by Gasteiger charge is 2.35. The minimum atomic E-state index is 0.0224. The molecule has 0 aliphatic heterocycles. The fraction of sp³-hybridized carbons (Fsp3) is 0.103. The summed E-state index contributed by atoms with van der Waals surface area (Å²) in [7, 11) is 0. The number of rotatable bonds is 1. The highest BCUT2D eigenvalue weighted by molar-refractivity contribution is 6.13. The van der Waals surface area contributed by atoms with E-state index in [2.05, 4.69) is 111 Å². The van der Waals surface area contributed by atoms with E-state index in [4.69, 9.17) is 0 Å². The van der Waals surface area contributed by atoms with Crippen LogP contribution in [0.25, 0.3) is 43.8 Å². The van der Waals surface area contributed by atoms with Crippen LogP contribution >= 0.6 is 0 Å². The van der Waals surface area contributed by atoms with Gasteiger partial charge in [0.2, 0.25) is 0 Å². The summed E-state index contributed by atoms with van der Waals surface area (Å²) >= 11 is 0. The quantitative estimate of drug-likeness (QED) is 0.262. The lowest BCUT2D eigenvalue weighted by Gasteiger charge is -2.22. The molecule has 6 rings (SSSR count). The Morgan fingerprint density at radius 1 is 0.483 bits per heavy atom. The van der Waals surface area contributed by atoms with Crippen molar-refractivity contribution >= 4 is 21.5 Å². The molecular weight excluding hydrogens is 348 g/mol. The van der Waals surface area contributed by atoms with Crippen molar-refractivity contribution in [1.82, 2.24) is 0 Å². The van der Waals surface area contributed by atoms with Gasteiger partial charge in [-0.05, 0) is 67.1 Å². The predicted octanol–water partition coefficient (Wildman–Crippen LogP) is 7.97. The van der Waals surface area contributed by atoms with E-state index in [0.717, 1.165) is 0 Å². The standard InChI is InChI=1S/C29H22/c1-29(2)27-14-8-7-13-24(27)25-16-15-20(18-28(25)29)26-17-19-9-3-4-10-21(19)22-11-5-6-12-23(22)26/h3-18H,1-2H3. The van der Waals surface area contributed by atoms with Gasteiger partial charge in [0.15, 0.2) is 0 Å². The minimum Gasteiger partial charge on any atom is -0.0619 e. The summed E-state index contributed by atoms with van der Waals surface area (Å²) < 4.78 is 0. The zero-order chi connectivity index (χ0) is 19.6. The van der Waals surface area contributed by atoms with Gasteiger partial charge in [-0.2, -0.15) is 0 Å². The second-order valence-electron chi connectivity index (χ2n) is 8.62. The Morgan fingerprint density at radius 2 is 1.14 bits per heavy atom. The zero-order valence-corrected chi connectivity index (χ0v) is 16.7. The highest BCUT2D eigenvalue weighted by Crippen LogP contribution is 2.50. The van der Waals surface area contributed by atoms with Crippen LogP contribution in [0.5, 0.6) is 0 Å². The number of fused-ring (bicyclic) bond motifs is 6. The summed E-state index contributed by atoms with van der Waals surface area (Å²) in [5.41, 5.74) is 8.24. The maximum atomic E-state index is 2.42. The minimum absolute atomic E-state index is 0.0224. The van der Waals surface area contributed by atoms with E-state index < -0.39 is 0 Å². The molecule has 0 bridgehead atoms. The van der Waals surface area contributed by atoms with Crippen molar-refractivity contribution in [3.63, 3.8) is 0 Å². The molecule has 0 heteroatoms. The van der Waals surface area contributed by atoms with Crippen molar-refractivity contribution in [3.8, 4) is 22.3 Å². The topological polar surface area (TPSA) is 0 Å². The normalized spacial score (nSPS) is 14.1. The summed E-state index contributed by atoms with van der Waals surface area (Å²) in [5.74, 6) is 0. The maximum absolute atomic E-state index is 2.42. The average Bonchev–Trinajstić information content (AvgIpc) is 3.00. The van der Waals surface area contributed by atoms with Gasteiger partial charge in [-0.3, -0.25) is 0 Å². The lowest BCUT2D eigenvalue weighted by molar-refractivity contribution is 0.660. The summed E-state index contributed by atoms with van der Waals surface area (Å²) in [4.78, 5) is 0. The monoisotopic (exact) mass is 370 g/mol. The van der Waals surface area contributed by atoms with E-state index in [1.807, 2.05) is 0 Å². The number of hydrogen-bond acceptors (Lipinski definition) is 0. The van der Waals surface area contributed by atoms with Gasteiger partial charge in [0.25, 0.3) is 0 Å². The van der Waals surface area contributed by atoms with Gasteiger partial charge in [-0.15, -0.1) is 0 Å². The Bertz CT molecular complexity index is 1420. The Labute approximate surface area is 171 Å². The number of benzene rings is 5. The summed E-state index contributed by atoms with van der Waals surface area (Å²) in [6, 6.07) is 35.7. The first-order valence-electron chi connectivity index (χ1n) is 10.3. The molecule has 0 saturated heterocycles. The Balaban J connectivity index is 1.65. The molecule has 138 valence electrons. The first kappa shape index (κ1) is 16.6. The van der Waals surface area contributed by atoms with Crippen molar-refractivity contribution < 1.29 is 0 Å². The van der Waals surface area contributed by atoms with Crippen LogP contribution in [0.4, 0.5) is 0 Å². The van der Waals surface area contributed by atoms with Gasteiger partial charge in [-0.25, -0.2) is 0 Å². The fourth-order valence-electron chi connectivity index (χ4n) is 5.16. The molecule has 0 amide bonds. The van der Waals surface area contributed by atoms with Crippen LogP contribution in [0.3, 0.4) is 0 Å².